The van der Waals surface area contributed by atoms with Crippen molar-refractivity contribution >= 4 is 0 Å². The molecule has 98 valence electrons. The Morgan fingerprint density at radius 2 is 1.53 bits per heavy atom. The van der Waals surface area contributed by atoms with Crippen molar-refractivity contribution in [2.24, 2.45) is 0 Å². The van der Waals surface area contributed by atoms with Gasteiger partial charge in [-0.1, -0.05) is 67.2 Å². The number of aliphatic hydroxyl groups is 1. The second kappa shape index (κ2) is 6.91. The number of hydrogen-bond acceptors (Lipinski definition) is 1. The van der Waals surface area contributed by atoms with Crippen molar-refractivity contribution in [2.45, 2.75) is 25.4 Å². The first-order valence-electron chi connectivity index (χ1n) is 6.72. The van der Waals surface area contributed by atoms with Crippen molar-refractivity contribution in [3.63, 3.8) is 0 Å². The van der Waals surface area contributed by atoms with E-state index in [4.69, 9.17) is 0 Å². The Balaban J connectivity index is 1.82. The lowest BCUT2D eigenvalue weighted by Crippen LogP contribution is -2.01. The van der Waals surface area contributed by atoms with Crippen LogP contribution in [0.2, 0.25) is 0 Å². The average molecular weight is 252 g/mol. The molecule has 2 rings (SSSR count). The van der Waals surface area contributed by atoms with Gasteiger partial charge in [-0.25, -0.2) is 0 Å². The van der Waals surface area contributed by atoms with Crippen molar-refractivity contribution < 1.29 is 5.11 Å². The van der Waals surface area contributed by atoms with E-state index in [1.54, 1.807) is 0 Å². The molecule has 1 nitrogen and oxygen atoms in total. The monoisotopic (exact) mass is 252 g/mol. The fourth-order valence-electron chi connectivity index (χ4n) is 2.17. The first-order valence-corrected chi connectivity index (χ1v) is 6.72. The summed E-state index contributed by atoms with van der Waals surface area (Å²) in [6.07, 6.45) is 2.36. The molecule has 2 aromatic carbocycles. The van der Waals surface area contributed by atoms with Crippen LogP contribution in [0.4, 0.5) is 0 Å². The van der Waals surface area contributed by atoms with Gasteiger partial charge in [-0.3, -0.25) is 0 Å². The van der Waals surface area contributed by atoms with E-state index >= 15 is 0 Å². The van der Waals surface area contributed by atoms with Gasteiger partial charge in [-0.2, -0.15) is 0 Å². The largest absolute Gasteiger partial charge is 0.384 e. The summed E-state index contributed by atoms with van der Waals surface area (Å²) >= 11 is 0. The van der Waals surface area contributed by atoms with Crippen LogP contribution < -0.4 is 0 Å². The maximum atomic E-state index is 10.2. The van der Waals surface area contributed by atoms with E-state index in [9.17, 15) is 5.11 Å². The maximum absolute atomic E-state index is 10.2. The lowest BCUT2D eigenvalue weighted by molar-refractivity contribution is 0.211. The topological polar surface area (TPSA) is 20.2 Å². The Kier molecular flexibility index (Phi) is 4.93. The molecule has 0 amide bonds. The highest BCUT2D eigenvalue weighted by atomic mass is 16.3. The van der Waals surface area contributed by atoms with Crippen LogP contribution in [-0.2, 0) is 6.42 Å². The molecular formula is C18H20O. The fraction of sp³-hybridized carbons (Fsp3) is 0.222. The lowest BCUT2D eigenvalue weighted by atomic mass is 9.97. The average Bonchev–Trinajstić information content (AvgIpc) is 2.48. The van der Waals surface area contributed by atoms with Crippen LogP contribution in [0.5, 0.6) is 0 Å². The predicted octanol–water partition coefficient (Wildman–Crippen LogP) is 4.30. The summed E-state index contributed by atoms with van der Waals surface area (Å²) in [5.74, 6) is 0. The molecule has 1 heteroatoms. The molecule has 0 bridgehead atoms. The lowest BCUT2D eigenvalue weighted by Gasteiger charge is -2.14. The van der Waals surface area contributed by atoms with Crippen molar-refractivity contribution in [3.8, 4) is 0 Å². The molecule has 1 N–H and O–H groups in total. The van der Waals surface area contributed by atoms with Gasteiger partial charge >= 0.3 is 0 Å². The smallest absolute Gasteiger partial charge is 0.0998 e. The van der Waals surface area contributed by atoms with E-state index in [-0.39, 0.29) is 0 Å². The minimum absolute atomic E-state index is 0.544. The van der Waals surface area contributed by atoms with Crippen LogP contribution in [0.1, 0.15) is 30.1 Å². The van der Waals surface area contributed by atoms with Gasteiger partial charge in [0.2, 0.25) is 0 Å². The summed E-state index contributed by atoms with van der Waals surface area (Å²) in [7, 11) is 0. The van der Waals surface area contributed by atoms with E-state index in [0.29, 0.717) is 0 Å². The van der Waals surface area contributed by atoms with Crippen LogP contribution >= 0.6 is 0 Å². The van der Waals surface area contributed by atoms with E-state index < -0.39 is 6.10 Å². The van der Waals surface area contributed by atoms with Gasteiger partial charge in [-0.15, -0.1) is 0 Å². The van der Waals surface area contributed by atoms with Crippen LogP contribution in [0, 0.1) is 0 Å². The molecular weight excluding hydrogens is 232 g/mol. The van der Waals surface area contributed by atoms with E-state index in [2.05, 4.69) is 30.8 Å². The molecule has 0 saturated heterocycles. The quantitative estimate of drug-likeness (QED) is 0.760. The molecule has 0 saturated carbocycles. The minimum Gasteiger partial charge on any atom is -0.384 e. The fourth-order valence-corrected chi connectivity index (χ4v) is 2.17. The molecule has 2 aromatic rings. The number of aliphatic hydroxyl groups excluding tert-OH is 1. The molecule has 0 radical (unpaired) electrons. The number of aryl methyl sites for hydroxylation is 1. The second-order valence-corrected chi connectivity index (χ2v) is 4.81. The summed E-state index contributed by atoms with van der Waals surface area (Å²) in [5, 5.41) is 10.2. The molecule has 0 aromatic heterocycles. The van der Waals surface area contributed by atoms with Crippen LogP contribution in [0.15, 0.2) is 72.8 Å². The zero-order chi connectivity index (χ0) is 13.5. The number of rotatable bonds is 6. The van der Waals surface area contributed by atoms with Gasteiger partial charge in [-0.05, 0) is 36.0 Å². The summed E-state index contributed by atoms with van der Waals surface area (Å²) in [5.41, 5.74) is 3.15. The van der Waals surface area contributed by atoms with E-state index in [1.807, 2.05) is 36.4 Å². The highest BCUT2D eigenvalue weighted by Gasteiger charge is 2.10. The van der Waals surface area contributed by atoms with Gasteiger partial charge in [0.1, 0.15) is 0 Å². The molecule has 0 heterocycles. The van der Waals surface area contributed by atoms with Crippen LogP contribution in [0.25, 0.3) is 0 Å². The first-order chi connectivity index (χ1) is 9.27. The summed E-state index contributed by atoms with van der Waals surface area (Å²) in [4.78, 5) is 0. The molecule has 1 atom stereocenters. The minimum atomic E-state index is -0.544. The molecule has 0 aliphatic heterocycles. The Morgan fingerprint density at radius 1 is 0.947 bits per heavy atom. The summed E-state index contributed by atoms with van der Waals surface area (Å²) in [6, 6.07) is 20.1. The molecule has 0 fully saturated rings. The predicted molar refractivity (Wildman–Crippen MR) is 79.9 cm³/mol. The normalized spacial score (nSPS) is 12.1. The molecule has 1 unspecified atom stereocenters. The SMILES string of the molecule is C=C(CCCc1ccccc1)C(O)c1ccccc1. The number of hydrogen-bond donors (Lipinski definition) is 1. The third-order valence-electron chi connectivity index (χ3n) is 3.31. The highest BCUT2D eigenvalue weighted by molar-refractivity contribution is 5.24. The second-order valence-electron chi connectivity index (χ2n) is 4.81. The van der Waals surface area contributed by atoms with Crippen molar-refractivity contribution in [3.05, 3.63) is 83.9 Å². The Bertz CT molecular complexity index is 502. The van der Waals surface area contributed by atoms with Gasteiger partial charge in [0.15, 0.2) is 0 Å². The van der Waals surface area contributed by atoms with Gasteiger partial charge < -0.3 is 5.11 Å². The van der Waals surface area contributed by atoms with Crippen molar-refractivity contribution in [1.29, 1.82) is 0 Å². The summed E-state index contributed by atoms with van der Waals surface area (Å²) < 4.78 is 0. The Labute approximate surface area is 115 Å². The molecule has 0 aliphatic carbocycles. The molecule has 0 spiro atoms. The van der Waals surface area contributed by atoms with E-state index in [0.717, 1.165) is 30.4 Å². The highest BCUT2D eigenvalue weighted by Crippen LogP contribution is 2.23. The van der Waals surface area contributed by atoms with Gasteiger partial charge in [0.25, 0.3) is 0 Å². The van der Waals surface area contributed by atoms with Gasteiger partial charge in [0, 0.05) is 0 Å². The summed E-state index contributed by atoms with van der Waals surface area (Å²) in [6.45, 7) is 4.01. The Hall–Kier alpha value is -1.86. The molecule has 19 heavy (non-hydrogen) atoms. The van der Waals surface area contributed by atoms with Crippen molar-refractivity contribution in [2.75, 3.05) is 0 Å². The van der Waals surface area contributed by atoms with Crippen LogP contribution in [0.3, 0.4) is 0 Å². The first kappa shape index (κ1) is 13.6. The zero-order valence-electron chi connectivity index (χ0n) is 11.1. The van der Waals surface area contributed by atoms with Crippen LogP contribution in [-0.4, -0.2) is 5.11 Å². The van der Waals surface area contributed by atoms with Gasteiger partial charge in [0.05, 0.1) is 6.10 Å². The molecule has 0 aliphatic rings. The third-order valence-corrected chi connectivity index (χ3v) is 3.31. The standard InChI is InChI=1S/C18H20O/c1-15(18(19)17-13-6-3-7-14-17)9-8-12-16-10-4-2-5-11-16/h2-7,10-11,13-14,18-19H,1,8-9,12H2. The maximum Gasteiger partial charge on any atom is 0.0998 e. The van der Waals surface area contributed by atoms with E-state index in [1.165, 1.54) is 5.56 Å². The van der Waals surface area contributed by atoms with Crippen molar-refractivity contribution in [1.82, 2.24) is 0 Å². The number of benzene rings is 2. The Morgan fingerprint density at radius 3 is 2.16 bits per heavy atom. The zero-order valence-corrected chi connectivity index (χ0v) is 11.1. The third kappa shape index (κ3) is 4.08.